The van der Waals surface area contributed by atoms with Gasteiger partial charge in [0, 0.05) is 24.0 Å². The number of unbranched alkanes of at least 4 members (excludes halogenated alkanes) is 1. The summed E-state index contributed by atoms with van der Waals surface area (Å²) < 4.78 is 3.62. The highest BCUT2D eigenvalue weighted by Gasteiger charge is 2.35. The lowest BCUT2D eigenvalue weighted by Crippen LogP contribution is -2.38. The second-order valence-electron chi connectivity index (χ2n) is 10.7. The number of nitrogens with zero attached hydrogens (tertiary/aromatic N) is 5. The predicted octanol–water partition coefficient (Wildman–Crippen LogP) is 4.34. The lowest BCUT2D eigenvalue weighted by Gasteiger charge is -2.31. The summed E-state index contributed by atoms with van der Waals surface area (Å²) >= 11 is 0. The first-order chi connectivity index (χ1) is 19.0. The van der Waals surface area contributed by atoms with Gasteiger partial charge in [-0.25, -0.2) is 9.89 Å². The maximum atomic E-state index is 14.2. The lowest BCUT2D eigenvalue weighted by molar-refractivity contribution is -0.144. The van der Waals surface area contributed by atoms with Crippen LogP contribution in [0.2, 0.25) is 0 Å². The molecule has 206 valence electrons. The number of aryl methyl sites for hydroxylation is 1. The third kappa shape index (κ3) is 5.60. The van der Waals surface area contributed by atoms with Crippen molar-refractivity contribution in [2.45, 2.75) is 82.7 Å². The Hall–Kier alpha value is -3.95. The molecule has 1 fully saturated rings. The molecule has 0 bridgehead atoms. The molecule has 5 rings (SSSR count). The van der Waals surface area contributed by atoms with Crippen LogP contribution in [0, 0.1) is 5.92 Å². The summed E-state index contributed by atoms with van der Waals surface area (Å²) in [5, 5.41) is 27.5. The van der Waals surface area contributed by atoms with Crippen LogP contribution >= 0.6 is 0 Å². The molecule has 1 aliphatic carbocycles. The molecule has 3 heterocycles. The number of tetrazole rings is 1. The molecule has 3 aromatic rings. The number of benzene rings is 1. The summed E-state index contributed by atoms with van der Waals surface area (Å²) in [5.41, 5.74) is 2.07. The summed E-state index contributed by atoms with van der Waals surface area (Å²) in [6.45, 7) is 2.54. The number of nitrogens with one attached hydrogen (secondary N) is 2. The van der Waals surface area contributed by atoms with Gasteiger partial charge in [0.2, 0.25) is 0 Å². The summed E-state index contributed by atoms with van der Waals surface area (Å²) in [5.74, 6) is -0.793. The zero-order valence-corrected chi connectivity index (χ0v) is 22.4. The number of hydrogen-bond donors (Lipinski definition) is 3. The SMILES string of the molecule is CCCCc1cn(C2CCCCCCC2C(=O)O)c(=O)n1CC1(c2cccc(-c3nnn[nH]3)c2)C=CNC=C1. The van der Waals surface area contributed by atoms with Gasteiger partial charge in [0.25, 0.3) is 0 Å². The fraction of sp³-hybridized carbons (Fsp3) is 0.483. The fourth-order valence-electron chi connectivity index (χ4n) is 5.99. The fourth-order valence-corrected chi connectivity index (χ4v) is 5.99. The smallest absolute Gasteiger partial charge is 0.328 e. The van der Waals surface area contributed by atoms with Crippen LogP contribution in [0.5, 0.6) is 0 Å². The predicted molar refractivity (Wildman–Crippen MR) is 148 cm³/mol. The first kappa shape index (κ1) is 26.6. The highest BCUT2D eigenvalue weighted by atomic mass is 16.4. The molecule has 1 aliphatic heterocycles. The number of aromatic amines is 1. The van der Waals surface area contributed by atoms with Crippen LogP contribution < -0.4 is 11.0 Å². The first-order valence-electron chi connectivity index (χ1n) is 14.0. The normalized spacial score (nSPS) is 20.7. The number of rotatable bonds is 9. The zero-order valence-electron chi connectivity index (χ0n) is 22.4. The topological polar surface area (TPSA) is 131 Å². The molecule has 2 aliphatic rings. The van der Waals surface area contributed by atoms with E-state index in [9.17, 15) is 14.7 Å². The molecule has 0 saturated heterocycles. The molecule has 39 heavy (non-hydrogen) atoms. The number of dihydropyridines is 1. The summed E-state index contributed by atoms with van der Waals surface area (Å²) in [7, 11) is 0. The van der Waals surface area contributed by atoms with Crippen molar-refractivity contribution in [2.75, 3.05) is 0 Å². The minimum Gasteiger partial charge on any atom is -0.481 e. The molecular formula is C29H37N7O3. The molecule has 0 spiro atoms. The Morgan fingerprint density at radius 2 is 1.95 bits per heavy atom. The van der Waals surface area contributed by atoms with Crippen LogP contribution in [0.1, 0.15) is 75.6 Å². The van der Waals surface area contributed by atoms with Crippen molar-refractivity contribution in [3.63, 3.8) is 0 Å². The van der Waals surface area contributed by atoms with Crippen molar-refractivity contribution in [1.29, 1.82) is 0 Å². The van der Waals surface area contributed by atoms with Gasteiger partial charge in [-0.3, -0.25) is 13.9 Å². The van der Waals surface area contributed by atoms with Gasteiger partial charge in [-0.15, -0.1) is 5.10 Å². The number of aliphatic carboxylic acids is 1. The van der Waals surface area contributed by atoms with E-state index in [1.165, 1.54) is 0 Å². The number of allylic oxidation sites excluding steroid dienone is 2. The Kier molecular flexibility index (Phi) is 8.09. The van der Waals surface area contributed by atoms with Crippen LogP contribution in [0.15, 0.2) is 59.8 Å². The Morgan fingerprint density at radius 1 is 1.15 bits per heavy atom. The molecule has 2 unspecified atom stereocenters. The van der Waals surface area contributed by atoms with Crippen LogP contribution in [-0.4, -0.2) is 40.8 Å². The van der Waals surface area contributed by atoms with Crippen molar-refractivity contribution in [3.8, 4) is 11.4 Å². The van der Waals surface area contributed by atoms with E-state index in [1.807, 2.05) is 41.4 Å². The summed E-state index contributed by atoms with van der Waals surface area (Å²) in [4.78, 5) is 26.5. The molecular weight excluding hydrogens is 494 g/mol. The minimum absolute atomic E-state index is 0.131. The average molecular weight is 532 g/mol. The molecule has 1 aromatic carbocycles. The standard InChI is InChI=1S/C29H37N7O3/c1-2-3-11-23-19-35(25-13-7-5-4-6-12-24(25)27(37)38)28(39)36(23)20-29(14-16-30-17-15-29)22-10-8-9-21(18-22)26-31-33-34-32-26/h8-10,14-19,24-25,30H,2-7,11-13,20H2,1H3,(H,37,38)(H,31,32,33,34). The van der Waals surface area contributed by atoms with E-state index < -0.39 is 17.3 Å². The maximum Gasteiger partial charge on any atom is 0.328 e. The van der Waals surface area contributed by atoms with E-state index in [1.54, 1.807) is 4.57 Å². The number of hydrogen-bond acceptors (Lipinski definition) is 6. The van der Waals surface area contributed by atoms with Crippen LogP contribution in [-0.2, 0) is 23.2 Å². The number of carbonyl (C=O) groups is 1. The van der Waals surface area contributed by atoms with Gasteiger partial charge < -0.3 is 10.4 Å². The number of imidazole rings is 1. The van der Waals surface area contributed by atoms with E-state index >= 15 is 0 Å². The minimum atomic E-state index is -0.809. The van der Waals surface area contributed by atoms with Crippen molar-refractivity contribution in [2.24, 2.45) is 5.92 Å². The second-order valence-corrected chi connectivity index (χ2v) is 10.7. The zero-order chi connectivity index (χ0) is 27.2. The highest BCUT2D eigenvalue weighted by molar-refractivity contribution is 5.70. The quantitative estimate of drug-likeness (QED) is 0.374. The van der Waals surface area contributed by atoms with Gasteiger partial charge in [0.05, 0.1) is 17.4 Å². The number of H-pyrrole nitrogens is 1. The Balaban J connectivity index is 1.58. The first-order valence-corrected chi connectivity index (χ1v) is 14.0. The van der Waals surface area contributed by atoms with Gasteiger partial charge >= 0.3 is 11.7 Å². The lowest BCUT2D eigenvalue weighted by atomic mass is 9.78. The molecule has 10 nitrogen and oxygen atoms in total. The van der Waals surface area contributed by atoms with Crippen molar-refractivity contribution in [1.82, 2.24) is 35.1 Å². The molecule has 2 aromatic heterocycles. The third-order valence-corrected chi connectivity index (χ3v) is 8.17. The summed E-state index contributed by atoms with van der Waals surface area (Å²) in [6, 6.07) is 7.68. The Bertz CT molecular complexity index is 1370. The number of carboxylic acid groups (broad SMARTS) is 1. The second kappa shape index (κ2) is 11.8. The van der Waals surface area contributed by atoms with Gasteiger partial charge in [0.1, 0.15) is 0 Å². The largest absolute Gasteiger partial charge is 0.481 e. The van der Waals surface area contributed by atoms with Crippen LogP contribution in [0.4, 0.5) is 0 Å². The Morgan fingerprint density at radius 3 is 2.67 bits per heavy atom. The number of carboxylic acids is 1. The molecule has 1 saturated carbocycles. The van der Waals surface area contributed by atoms with Gasteiger partial charge in [-0.1, -0.05) is 69.4 Å². The monoisotopic (exact) mass is 531 g/mol. The van der Waals surface area contributed by atoms with Crippen molar-refractivity contribution in [3.05, 3.63) is 76.8 Å². The number of aromatic nitrogens is 6. The Labute approximate surface area is 227 Å². The van der Waals surface area contributed by atoms with Crippen molar-refractivity contribution >= 4 is 5.97 Å². The van der Waals surface area contributed by atoms with Crippen molar-refractivity contribution < 1.29 is 9.90 Å². The molecule has 10 heteroatoms. The third-order valence-electron chi connectivity index (χ3n) is 8.17. The van der Waals surface area contributed by atoms with E-state index in [2.05, 4.69) is 51.1 Å². The molecule has 0 radical (unpaired) electrons. The van der Waals surface area contributed by atoms with Gasteiger partial charge in [0.15, 0.2) is 5.82 Å². The molecule has 2 atom stereocenters. The maximum absolute atomic E-state index is 14.2. The molecule has 3 N–H and O–H groups in total. The van der Waals surface area contributed by atoms with E-state index in [4.69, 9.17) is 0 Å². The van der Waals surface area contributed by atoms with Crippen LogP contribution in [0.3, 0.4) is 0 Å². The van der Waals surface area contributed by atoms with E-state index in [0.717, 1.165) is 61.8 Å². The van der Waals surface area contributed by atoms with E-state index in [0.29, 0.717) is 25.2 Å². The van der Waals surface area contributed by atoms with Gasteiger partial charge in [-0.05, 0) is 60.1 Å². The summed E-state index contributed by atoms with van der Waals surface area (Å²) in [6.07, 6.45) is 17.8. The molecule has 0 amide bonds. The van der Waals surface area contributed by atoms with E-state index in [-0.39, 0.29) is 11.7 Å². The average Bonchev–Trinajstić information content (AvgIpc) is 3.57. The highest BCUT2D eigenvalue weighted by Crippen LogP contribution is 2.35. The van der Waals surface area contributed by atoms with Crippen LogP contribution in [0.25, 0.3) is 11.4 Å². The van der Waals surface area contributed by atoms with Gasteiger partial charge in [-0.2, -0.15) is 0 Å².